The summed E-state index contributed by atoms with van der Waals surface area (Å²) in [6.07, 6.45) is 3.46. The third-order valence-corrected chi connectivity index (χ3v) is 7.22. The Bertz CT molecular complexity index is 740. The lowest BCUT2D eigenvalue weighted by atomic mass is 9.96. The third kappa shape index (κ3) is 5.11. The molecule has 0 aliphatic heterocycles. The van der Waals surface area contributed by atoms with Crippen molar-refractivity contribution in [3.05, 3.63) is 34.9 Å². The molecule has 0 unspecified atom stereocenters. The second-order valence-electron chi connectivity index (χ2n) is 7.37. The number of sulfone groups is 1. The van der Waals surface area contributed by atoms with Crippen LogP contribution in [0, 0.1) is 0 Å². The lowest BCUT2D eigenvalue weighted by molar-refractivity contribution is 0.554. The number of hydrogen-bond donors (Lipinski definition) is 2. The maximum absolute atomic E-state index is 11.8. The Labute approximate surface area is 156 Å². The number of hydrogen-bond acceptors (Lipinski definition) is 3. The molecule has 1 aromatic carbocycles. The van der Waals surface area contributed by atoms with Crippen LogP contribution >= 0.6 is 11.6 Å². The van der Waals surface area contributed by atoms with Gasteiger partial charge in [0, 0.05) is 29.8 Å². The molecule has 0 bridgehead atoms. The Morgan fingerprint density at radius 3 is 2.52 bits per heavy atom. The van der Waals surface area contributed by atoms with E-state index < -0.39 is 14.6 Å². The van der Waals surface area contributed by atoms with E-state index in [-0.39, 0.29) is 12.0 Å². The summed E-state index contributed by atoms with van der Waals surface area (Å²) >= 11 is 6.12. The summed E-state index contributed by atoms with van der Waals surface area (Å²) in [5, 5.41) is 7.30. The van der Waals surface area contributed by atoms with Crippen LogP contribution in [0.2, 0.25) is 5.02 Å². The zero-order valence-corrected chi connectivity index (χ0v) is 17.0. The average Bonchev–Trinajstić information content (AvgIpc) is 3.30. The fourth-order valence-electron chi connectivity index (χ4n) is 2.52. The molecule has 140 valence electrons. The SMILES string of the molecule is CCNC(=NCC(C)(C)S(C)(=O)=O)NCC1(c2cccc(Cl)c2)CC1. The minimum atomic E-state index is -3.17. The zero-order chi connectivity index (χ0) is 18.7. The summed E-state index contributed by atoms with van der Waals surface area (Å²) in [4.78, 5) is 4.48. The molecule has 1 saturated carbocycles. The molecule has 0 spiro atoms. The van der Waals surface area contributed by atoms with Gasteiger partial charge in [0.25, 0.3) is 0 Å². The highest BCUT2D eigenvalue weighted by atomic mass is 35.5. The number of nitrogens with zero attached hydrogens (tertiary/aromatic N) is 1. The van der Waals surface area contributed by atoms with Gasteiger partial charge in [0.15, 0.2) is 15.8 Å². The molecule has 1 fully saturated rings. The molecule has 7 heteroatoms. The number of nitrogens with one attached hydrogen (secondary N) is 2. The first-order valence-electron chi connectivity index (χ1n) is 8.57. The van der Waals surface area contributed by atoms with Gasteiger partial charge in [-0.2, -0.15) is 0 Å². The zero-order valence-electron chi connectivity index (χ0n) is 15.4. The standard InChI is InChI=1S/C18H28ClN3O2S/c1-5-20-16(21-12-17(2,3)25(4,23)24)22-13-18(9-10-18)14-7-6-8-15(19)11-14/h6-8,11H,5,9-10,12-13H2,1-4H3,(H2,20,21,22). The van der Waals surface area contributed by atoms with Crippen molar-refractivity contribution in [2.45, 2.75) is 43.8 Å². The normalized spacial score (nSPS) is 17.2. The molecule has 1 aromatic rings. The van der Waals surface area contributed by atoms with Crippen LogP contribution in [0.1, 0.15) is 39.2 Å². The van der Waals surface area contributed by atoms with Gasteiger partial charge < -0.3 is 10.6 Å². The van der Waals surface area contributed by atoms with Crippen LogP contribution in [0.25, 0.3) is 0 Å². The molecule has 2 N–H and O–H groups in total. The van der Waals surface area contributed by atoms with Gasteiger partial charge in [0.05, 0.1) is 11.3 Å². The highest BCUT2D eigenvalue weighted by molar-refractivity contribution is 7.92. The molecule has 0 amide bonds. The molecule has 0 heterocycles. The van der Waals surface area contributed by atoms with Crippen molar-refractivity contribution in [3.8, 4) is 0 Å². The van der Waals surface area contributed by atoms with E-state index in [2.05, 4.69) is 21.7 Å². The molecule has 0 aromatic heterocycles. The van der Waals surface area contributed by atoms with E-state index in [0.29, 0.717) is 5.96 Å². The number of aliphatic imine (C=N–C) groups is 1. The summed E-state index contributed by atoms with van der Waals surface area (Å²) in [6.45, 7) is 7.06. The summed E-state index contributed by atoms with van der Waals surface area (Å²) in [5.41, 5.74) is 1.33. The third-order valence-electron chi connectivity index (χ3n) is 4.85. The molecule has 1 aliphatic rings. The van der Waals surface area contributed by atoms with Crippen molar-refractivity contribution < 1.29 is 8.42 Å². The number of rotatable bonds is 7. The van der Waals surface area contributed by atoms with Gasteiger partial charge in [-0.15, -0.1) is 0 Å². The predicted molar refractivity (Wildman–Crippen MR) is 105 cm³/mol. The molecule has 25 heavy (non-hydrogen) atoms. The lowest BCUT2D eigenvalue weighted by Gasteiger charge is -2.22. The van der Waals surface area contributed by atoms with Crippen LogP contribution in [0.3, 0.4) is 0 Å². The molecule has 0 atom stereocenters. The summed E-state index contributed by atoms with van der Waals surface area (Å²) < 4.78 is 22.8. The highest BCUT2D eigenvalue weighted by Crippen LogP contribution is 2.48. The van der Waals surface area contributed by atoms with E-state index in [1.54, 1.807) is 13.8 Å². The highest BCUT2D eigenvalue weighted by Gasteiger charge is 2.44. The van der Waals surface area contributed by atoms with Gasteiger partial charge in [-0.1, -0.05) is 23.7 Å². The van der Waals surface area contributed by atoms with E-state index in [1.807, 2.05) is 25.1 Å². The first-order valence-corrected chi connectivity index (χ1v) is 10.8. The molecule has 1 aliphatic carbocycles. The average molecular weight is 386 g/mol. The van der Waals surface area contributed by atoms with Gasteiger partial charge in [0.2, 0.25) is 0 Å². The van der Waals surface area contributed by atoms with Gasteiger partial charge >= 0.3 is 0 Å². The van der Waals surface area contributed by atoms with Gasteiger partial charge in [0.1, 0.15) is 0 Å². The van der Waals surface area contributed by atoms with Crippen LogP contribution in [0.5, 0.6) is 0 Å². The Kier molecular flexibility index (Phi) is 6.05. The minimum absolute atomic E-state index is 0.0907. The summed E-state index contributed by atoms with van der Waals surface area (Å²) in [6, 6.07) is 7.99. The molecule has 0 radical (unpaired) electrons. The van der Waals surface area contributed by atoms with E-state index in [0.717, 1.165) is 31.0 Å². The van der Waals surface area contributed by atoms with Gasteiger partial charge in [-0.3, -0.25) is 4.99 Å². The summed E-state index contributed by atoms with van der Waals surface area (Å²) in [7, 11) is -3.17. The van der Waals surface area contributed by atoms with Crippen molar-refractivity contribution in [1.29, 1.82) is 0 Å². The number of halogens is 1. The summed E-state index contributed by atoms with van der Waals surface area (Å²) in [5.74, 6) is 0.646. The fourth-order valence-corrected chi connectivity index (χ4v) is 3.01. The van der Waals surface area contributed by atoms with Crippen molar-refractivity contribution >= 4 is 27.4 Å². The Morgan fingerprint density at radius 1 is 1.32 bits per heavy atom. The molecule has 2 rings (SSSR count). The molecule has 5 nitrogen and oxygen atoms in total. The molecular weight excluding hydrogens is 358 g/mol. The van der Waals surface area contributed by atoms with Crippen LogP contribution in [-0.2, 0) is 15.3 Å². The minimum Gasteiger partial charge on any atom is -0.357 e. The van der Waals surface area contributed by atoms with E-state index >= 15 is 0 Å². The number of guanidine groups is 1. The Hall–Kier alpha value is -1.27. The second kappa shape index (κ2) is 7.54. The monoisotopic (exact) mass is 385 g/mol. The Morgan fingerprint density at radius 2 is 2.00 bits per heavy atom. The molecule has 0 saturated heterocycles. The molecular formula is C18H28ClN3O2S. The number of benzene rings is 1. The first-order chi connectivity index (χ1) is 11.6. The lowest BCUT2D eigenvalue weighted by Crippen LogP contribution is -2.43. The maximum atomic E-state index is 11.8. The van der Waals surface area contributed by atoms with Gasteiger partial charge in [-0.05, 0) is 51.3 Å². The van der Waals surface area contributed by atoms with E-state index in [4.69, 9.17) is 11.6 Å². The van der Waals surface area contributed by atoms with E-state index in [1.165, 1.54) is 11.8 Å². The first kappa shape index (κ1) is 20.0. The van der Waals surface area contributed by atoms with Crippen LogP contribution in [0.4, 0.5) is 0 Å². The largest absolute Gasteiger partial charge is 0.357 e. The smallest absolute Gasteiger partial charge is 0.191 e. The van der Waals surface area contributed by atoms with Crippen molar-refractivity contribution in [2.75, 3.05) is 25.9 Å². The maximum Gasteiger partial charge on any atom is 0.191 e. The topological polar surface area (TPSA) is 70.6 Å². The van der Waals surface area contributed by atoms with Crippen LogP contribution < -0.4 is 10.6 Å². The predicted octanol–water partition coefficient (Wildman–Crippen LogP) is 2.75. The Balaban J connectivity index is 2.06. The fraction of sp³-hybridized carbons (Fsp3) is 0.611. The van der Waals surface area contributed by atoms with Crippen LogP contribution in [0.15, 0.2) is 29.3 Å². The van der Waals surface area contributed by atoms with Crippen molar-refractivity contribution in [1.82, 2.24) is 10.6 Å². The quantitative estimate of drug-likeness (QED) is 0.559. The van der Waals surface area contributed by atoms with Gasteiger partial charge in [-0.25, -0.2) is 8.42 Å². The van der Waals surface area contributed by atoms with Crippen LogP contribution in [-0.4, -0.2) is 45.0 Å². The van der Waals surface area contributed by atoms with Crippen molar-refractivity contribution in [2.24, 2.45) is 4.99 Å². The second-order valence-corrected chi connectivity index (χ2v) is 10.5. The van der Waals surface area contributed by atoms with Crippen molar-refractivity contribution in [3.63, 3.8) is 0 Å². The van der Waals surface area contributed by atoms with E-state index in [9.17, 15) is 8.42 Å².